The van der Waals surface area contributed by atoms with Gasteiger partial charge in [0.05, 0.1) is 5.56 Å². The van der Waals surface area contributed by atoms with Crippen LogP contribution >= 0.6 is 0 Å². The predicted octanol–water partition coefficient (Wildman–Crippen LogP) is 1.10. The molecule has 28 heavy (non-hydrogen) atoms. The molecule has 10 heteroatoms. The van der Waals surface area contributed by atoms with Gasteiger partial charge in [-0.3, -0.25) is 15.0 Å². The topological polar surface area (TPSA) is 131 Å². The number of hydrazine groups is 1. The summed E-state index contributed by atoms with van der Waals surface area (Å²) in [5, 5.41) is 3.28. The van der Waals surface area contributed by atoms with Crippen molar-refractivity contribution in [1.29, 1.82) is 0 Å². The fourth-order valence-corrected chi connectivity index (χ4v) is 3.40. The lowest BCUT2D eigenvalue weighted by molar-refractivity contribution is -0.141. The van der Waals surface area contributed by atoms with Crippen LogP contribution in [-0.4, -0.2) is 41.0 Å². The minimum Gasteiger partial charge on any atom is -0.452 e. The first-order chi connectivity index (χ1) is 13.2. The molecule has 1 aliphatic heterocycles. The van der Waals surface area contributed by atoms with E-state index in [0.717, 1.165) is 31.0 Å². The molecule has 9 nitrogen and oxygen atoms in total. The monoisotopic (exact) mass is 392 g/mol. The number of nitrogens with two attached hydrogens (primary N) is 1. The van der Waals surface area contributed by atoms with Crippen LogP contribution in [-0.2, 0) is 14.3 Å². The van der Waals surface area contributed by atoms with Crippen LogP contribution in [0, 0.1) is 11.7 Å². The number of nitrogen functional groups attached to an aromatic ring is 1. The van der Waals surface area contributed by atoms with E-state index in [1.807, 2.05) is 0 Å². The summed E-state index contributed by atoms with van der Waals surface area (Å²) in [5.41, 5.74) is 6.48. The predicted molar refractivity (Wildman–Crippen MR) is 95.0 cm³/mol. The SMILES string of the molecule is CC1CCC2(CC1)NC(=O)N(NC(=O)COC(=O)c1ccc(F)cc1N)C2=O. The Labute approximate surface area is 160 Å². The molecule has 0 atom stereocenters. The van der Waals surface area contributed by atoms with Crippen molar-refractivity contribution in [2.24, 2.45) is 5.92 Å². The van der Waals surface area contributed by atoms with Crippen molar-refractivity contribution >= 4 is 29.5 Å². The number of carbonyl (C=O) groups is 4. The van der Waals surface area contributed by atoms with Gasteiger partial charge in [-0.15, -0.1) is 0 Å². The summed E-state index contributed by atoms with van der Waals surface area (Å²) in [4.78, 5) is 48.8. The summed E-state index contributed by atoms with van der Waals surface area (Å²) in [6.07, 6.45) is 2.60. The number of imide groups is 1. The number of carbonyl (C=O) groups excluding carboxylic acids is 4. The molecule has 0 aromatic heterocycles. The van der Waals surface area contributed by atoms with Gasteiger partial charge in [-0.25, -0.2) is 14.0 Å². The first-order valence-electron chi connectivity index (χ1n) is 8.90. The highest BCUT2D eigenvalue weighted by atomic mass is 19.1. The number of halogens is 1. The highest BCUT2D eigenvalue weighted by Crippen LogP contribution is 2.35. The molecule has 2 fully saturated rings. The molecule has 1 spiro atoms. The maximum absolute atomic E-state index is 13.0. The third-order valence-electron chi connectivity index (χ3n) is 5.09. The minimum atomic E-state index is -0.990. The van der Waals surface area contributed by atoms with E-state index in [9.17, 15) is 23.6 Å². The molecular weight excluding hydrogens is 371 g/mol. The molecule has 1 saturated carbocycles. The van der Waals surface area contributed by atoms with Gasteiger partial charge in [0.2, 0.25) is 0 Å². The van der Waals surface area contributed by atoms with Crippen LogP contribution in [0.1, 0.15) is 43.0 Å². The van der Waals surface area contributed by atoms with Gasteiger partial charge in [-0.2, -0.15) is 5.01 Å². The zero-order valence-electron chi connectivity index (χ0n) is 15.3. The number of anilines is 1. The molecule has 0 unspecified atom stereocenters. The Hall–Kier alpha value is -3.17. The van der Waals surface area contributed by atoms with E-state index < -0.39 is 41.8 Å². The van der Waals surface area contributed by atoms with Gasteiger partial charge in [0.15, 0.2) is 6.61 Å². The Bertz CT molecular complexity index is 835. The van der Waals surface area contributed by atoms with Crippen LogP contribution in [0.25, 0.3) is 0 Å². The summed E-state index contributed by atoms with van der Waals surface area (Å²) in [7, 11) is 0. The van der Waals surface area contributed by atoms with Crippen LogP contribution in [0.5, 0.6) is 0 Å². The van der Waals surface area contributed by atoms with E-state index in [1.54, 1.807) is 0 Å². The van der Waals surface area contributed by atoms with Crippen molar-refractivity contribution < 1.29 is 28.3 Å². The van der Waals surface area contributed by atoms with Crippen LogP contribution in [0.2, 0.25) is 0 Å². The van der Waals surface area contributed by atoms with E-state index in [-0.39, 0.29) is 11.3 Å². The van der Waals surface area contributed by atoms with Crippen LogP contribution in [0.15, 0.2) is 18.2 Å². The quantitative estimate of drug-likeness (QED) is 0.399. The highest BCUT2D eigenvalue weighted by molar-refractivity contribution is 6.08. The number of ether oxygens (including phenoxy) is 1. The van der Waals surface area contributed by atoms with Crippen LogP contribution < -0.4 is 16.5 Å². The summed E-state index contributed by atoms with van der Waals surface area (Å²) in [6, 6.07) is 2.40. The van der Waals surface area contributed by atoms with E-state index in [0.29, 0.717) is 23.8 Å². The second-order valence-electron chi connectivity index (χ2n) is 7.18. The van der Waals surface area contributed by atoms with Crippen molar-refractivity contribution in [2.75, 3.05) is 12.3 Å². The summed E-state index contributed by atoms with van der Waals surface area (Å²) in [6.45, 7) is 1.34. The fraction of sp³-hybridized carbons (Fsp3) is 0.444. The molecule has 1 aromatic carbocycles. The van der Waals surface area contributed by atoms with Crippen molar-refractivity contribution in [2.45, 2.75) is 38.1 Å². The zero-order chi connectivity index (χ0) is 20.5. The second-order valence-corrected chi connectivity index (χ2v) is 7.18. The Balaban J connectivity index is 1.57. The largest absolute Gasteiger partial charge is 0.452 e. The van der Waals surface area contributed by atoms with Crippen LogP contribution in [0.3, 0.4) is 0 Å². The molecule has 0 radical (unpaired) electrons. The first kappa shape index (κ1) is 19.6. The molecule has 4 amide bonds. The number of esters is 1. The normalized spacial score (nSPS) is 24.2. The average molecular weight is 392 g/mol. The van der Waals surface area contributed by atoms with Crippen molar-refractivity contribution in [1.82, 2.24) is 15.8 Å². The lowest BCUT2D eigenvalue weighted by atomic mass is 9.77. The lowest BCUT2D eigenvalue weighted by Gasteiger charge is -2.33. The maximum atomic E-state index is 13.0. The average Bonchev–Trinajstić information content (AvgIpc) is 2.86. The number of hydrogen-bond acceptors (Lipinski definition) is 6. The van der Waals surface area contributed by atoms with Crippen molar-refractivity contribution in [3.05, 3.63) is 29.6 Å². The molecule has 3 rings (SSSR count). The molecule has 0 bridgehead atoms. The van der Waals surface area contributed by atoms with E-state index in [1.165, 1.54) is 0 Å². The van der Waals surface area contributed by atoms with Gasteiger partial charge in [0.25, 0.3) is 11.8 Å². The number of amides is 4. The van der Waals surface area contributed by atoms with Gasteiger partial charge >= 0.3 is 12.0 Å². The van der Waals surface area contributed by atoms with Gasteiger partial charge in [0, 0.05) is 5.69 Å². The van der Waals surface area contributed by atoms with Crippen molar-refractivity contribution in [3.63, 3.8) is 0 Å². The number of nitrogens with one attached hydrogen (secondary N) is 2. The van der Waals surface area contributed by atoms with Crippen molar-refractivity contribution in [3.8, 4) is 0 Å². The second kappa shape index (κ2) is 7.45. The maximum Gasteiger partial charge on any atom is 0.344 e. The number of rotatable bonds is 4. The smallest absolute Gasteiger partial charge is 0.344 e. The molecule has 1 aromatic rings. The molecule has 1 heterocycles. The highest BCUT2D eigenvalue weighted by Gasteiger charge is 2.52. The van der Waals surface area contributed by atoms with E-state index in [2.05, 4.69) is 17.7 Å². The Morgan fingerprint density at radius 1 is 1.36 bits per heavy atom. The number of benzene rings is 1. The molecule has 1 saturated heterocycles. The standard InChI is InChI=1S/C18H21FN4O5/c1-10-4-6-18(7-5-10)16(26)23(17(27)21-18)22-14(24)9-28-15(25)12-3-2-11(19)8-13(12)20/h2-3,8,10H,4-7,9,20H2,1H3,(H,21,27)(H,22,24). The van der Waals surface area contributed by atoms with Gasteiger partial charge in [-0.1, -0.05) is 6.92 Å². The van der Waals surface area contributed by atoms with Crippen LogP contribution in [0.4, 0.5) is 14.9 Å². The minimum absolute atomic E-state index is 0.0977. The number of nitrogens with zero attached hydrogens (tertiary/aromatic N) is 1. The van der Waals surface area contributed by atoms with E-state index >= 15 is 0 Å². The van der Waals surface area contributed by atoms with E-state index in [4.69, 9.17) is 10.5 Å². The Kier molecular flexibility index (Phi) is 5.21. The third-order valence-corrected chi connectivity index (χ3v) is 5.09. The Morgan fingerprint density at radius 3 is 2.68 bits per heavy atom. The molecule has 4 N–H and O–H groups in total. The molecule has 150 valence electrons. The lowest BCUT2D eigenvalue weighted by Crippen LogP contribution is -2.52. The summed E-state index contributed by atoms with van der Waals surface area (Å²) < 4.78 is 17.8. The first-order valence-corrected chi connectivity index (χ1v) is 8.90. The fourth-order valence-electron chi connectivity index (χ4n) is 3.40. The summed E-state index contributed by atoms with van der Waals surface area (Å²) >= 11 is 0. The zero-order valence-corrected chi connectivity index (χ0v) is 15.3. The summed E-state index contributed by atoms with van der Waals surface area (Å²) in [5.74, 6) is -2.46. The Morgan fingerprint density at radius 2 is 2.04 bits per heavy atom. The molecule has 2 aliphatic rings. The van der Waals surface area contributed by atoms with Gasteiger partial charge in [-0.05, 0) is 49.8 Å². The number of hydrogen-bond donors (Lipinski definition) is 3. The molecule has 1 aliphatic carbocycles. The van der Waals surface area contributed by atoms with Gasteiger partial charge < -0.3 is 15.8 Å². The number of urea groups is 1. The van der Waals surface area contributed by atoms with Gasteiger partial charge in [0.1, 0.15) is 11.4 Å². The molecular formula is C18H21FN4O5. The third kappa shape index (κ3) is 3.75.